The maximum Gasteiger partial charge on any atom is 0.257 e. The van der Waals surface area contributed by atoms with E-state index in [0.717, 1.165) is 37.1 Å². The predicted molar refractivity (Wildman–Crippen MR) is 136 cm³/mol. The van der Waals surface area contributed by atoms with E-state index in [1.165, 1.54) is 38.9 Å². The Morgan fingerprint density at radius 1 is 1.06 bits per heavy atom. The Morgan fingerprint density at radius 3 is 2.56 bits per heavy atom. The molecule has 0 aliphatic heterocycles. The average Bonchev–Trinajstić information content (AvgIpc) is 3.22. The molecular weight excluding hydrogens is 420 g/mol. The van der Waals surface area contributed by atoms with Crippen molar-refractivity contribution in [3.63, 3.8) is 0 Å². The number of aryl methyl sites for hydroxylation is 6. The van der Waals surface area contributed by atoms with Gasteiger partial charge in [-0.05, 0) is 87.3 Å². The van der Waals surface area contributed by atoms with Crippen LogP contribution in [0.2, 0.25) is 0 Å². The monoisotopic (exact) mass is 452 g/mol. The first kappa shape index (κ1) is 22.3. The van der Waals surface area contributed by atoms with Crippen molar-refractivity contribution in [1.29, 1.82) is 0 Å². The lowest BCUT2D eigenvalue weighted by Gasteiger charge is -2.26. The van der Waals surface area contributed by atoms with E-state index in [9.17, 15) is 4.79 Å². The molecule has 1 atom stereocenters. The summed E-state index contributed by atoms with van der Waals surface area (Å²) in [6.07, 6.45) is 5.56. The summed E-state index contributed by atoms with van der Waals surface area (Å²) in [6, 6.07) is 12.9. The largest absolute Gasteiger partial charge is 0.345 e. The molecule has 2 aromatic heterocycles. The highest BCUT2D eigenvalue weighted by Gasteiger charge is 2.25. The molecule has 2 heterocycles. The molecule has 0 radical (unpaired) electrons. The average molecular weight is 453 g/mol. The van der Waals surface area contributed by atoms with Crippen LogP contribution in [0.4, 0.5) is 0 Å². The highest BCUT2D eigenvalue weighted by Crippen LogP contribution is 2.30. The Bertz CT molecular complexity index is 1390. The number of carbonyl (C=O) groups excluding carboxylic acids is 1. The molecule has 1 aliphatic carbocycles. The van der Waals surface area contributed by atoms with Gasteiger partial charge in [-0.3, -0.25) is 4.79 Å². The van der Waals surface area contributed by atoms with Crippen molar-refractivity contribution in [3.8, 4) is 0 Å². The van der Waals surface area contributed by atoms with E-state index in [1.54, 1.807) is 6.20 Å². The smallest absolute Gasteiger partial charge is 0.257 e. The molecule has 1 N–H and O–H groups in total. The van der Waals surface area contributed by atoms with Crippen molar-refractivity contribution in [2.24, 2.45) is 0 Å². The Morgan fingerprint density at radius 2 is 1.79 bits per heavy atom. The SMILES string of the molecule is Cc1cc(C)c(Cc2c(C)nc3c(C(=O)NC4CCCc5ccccc54)cnn3c2C)c(C)c1. The van der Waals surface area contributed by atoms with E-state index in [1.807, 2.05) is 17.5 Å². The number of hydrogen-bond acceptors (Lipinski definition) is 3. The number of nitrogens with zero attached hydrogens (tertiary/aromatic N) is 3. The lowest BCUT2D eigenvalue weighted by molar-refractivity contribution is 0.0934. The van der Waals surface area contributed by atoms with Crippen LogP contribution in [0.3, 0.4) is 0 Å². The van der Waals surface area contributed by atoms with Gasteiger partial charge in [0.1, 0.15) is 5.56 Å². The number of rotatable bonds is 4. The van der Waals surface area contributed by atoms with Gasteiger partial charge in [0, 0.05) is 17.8 Å². The number of amides is 1. The van der Waals surface area contributed by atoms with E-state index >= 15 is 0 Å². The zero-order valence-corrected chi connectivity index (χ0v) is 20.7. The Balaban J connectivity index is 1.47. The van der Waals surface area contributed by atoms with Crippen LogP contribution >= 0.6 is 0 Å². The second kappa shape index (κ2) is 8.71. The Labute approximate surface area is 201 Å². The fraction of sp³-hybridized carbons (Fsp3) is 0.345. The van der Waals surface area contributed by atoms with E-state index in [0.29, 0.717) is 11.2 Å². The summed E-state index contributed by atoms with van der Waals surface area (Å²) in [7, 11) is 0. The van der Waals surface area contributed by atoms with Gasteiger partial charge >= 0.3 is 0 Å². The molecule has 1 amide bonds. The second-order valence-corrected chi connectivity index (χ2v) is 9.73. The van der Waals surface area contributed by atoms with Crippen LogP contribution in [0.5, 0.6) is 0 Å². The molecule has 2 aromatic carbocycles. The molecule has 174 valence electrons. The van der Waals surface area contributed by atoms with Crippen LogP contribution in [0.1, 0.15) is 79.6 Å². The van der Waals surface area contributed by atoms with Crippen molar-refractivity contribution >= 4 is 11.6 Å². The third kappa shape index (κ3) is 3.89. The van der Waals surface area contributed by atoms with Gasteiger partial charge in [-0.1, -0.05) is 42.0 Å². The van der Waals surface area contributed by atoms with Crippen molar-refractivity contribution in [2.45, 2.75) is 66.3 Å². The fourth-order valence-corrected chi connectivity index (χ4v) is 5.53. The van der Waals surface area contributed by atoms with E-state index in [-0.39, 0.29) is 11.9 Å². The van der Waals surface area contributed by atoms with E-state index in [4.69, 9.17) is 4.98 Å². The van der Waals surface area contributed by atoms with Gasteiger partial charge < -0.3 is 5.32 Å². The molecule has 5 heteroatoms. The van der Waals surface area contributed by atoms with E-state index < -0.39 is 0 Å². The minimum Gasteiger partial charge on any atom is -0.345 e. The van der Waals surface area contributed by atoms with Gasteiger partial charge in [-0.25, -0.2) is 9.50 Å². The normalized spacial score (nSPS) is 15.4. The van der Waals surface area contributed by atoms with Gasteiger partial charge in [0.25, 0.3) is 5.91 Å². The summed E-state index contributed by atoms with van der Waals surface area (Å²) >= 11 is 0. The lowest BCUT2D eigenvalue weighted by Crippen LogP contribution is -2.31. The van der Waals surface area contributed by atoms with Crippen LogP contribution < -0.4 is 5.32 Å². The van der Waals surface area contributed by atoms with Crippen molar-refractivity contribution in [1.82, 2.24) is 19.9 Å². The first-order valence-electron chi connectivity index (χ1n) is 12.1. The van der Waals surface area contributed by atoms with Crippen LogP contribution in [-0.2, 0) is 12.8 Å². The summed E-state index contributed by atoms with van der Waals surface area (Å²) in [5.41, 5.74) is 12.1. The minimum absolute atomic E-state index is 0.0290. The van der Waals surface area contributed by atoms with Gasteiger partial charge in [-0.15, -0.1) is 0 Å². The third-order valence-corrected chi connectivity index (χ3v) is 7.32. The number of fused-ring (bicyclic) bond motifs is 2. The zero-order valence-electron chi connectivity index (χ0n) is 20.7. The molecule has 4 aromatic rings. The van der Waals surface area contributed by atoms with Gasteiger partial charge in [0.05, 0.1) is 12.2 Å². The van der Waals surface area contributed by atoms with Crippen molar-refractivity contribution in [3.05, 3.63) is 98.5 Å². The first-order valence-corrected chi connectivity index (χ1v) is 12.1. The molecule has 0 bridgehead atoms. The molecule has 1 unspecified atom stereocenters. The van der Waals surface area contributed by atoms with Crippen molar-refractivity contribution in [2.75, 3.05) is 0 Å². The molecule has 34 heavy (non-hydrogen) atoms. The summed E-state index contributed by atoms with van der Waals surface area (Å²) in [5, 5.41) is 7.82. The molecule has 0 spiro atoms. The van der Waals surface area contributed by atoms with Crippen LogP contribution in [0.25, 0.3) is 5.65 Å². The van der Waals surface area contributed by atoms with Gasteiger partial charge in [0.2, 0.25) is 0 Å². The summed E-state index contributed by atoms with van der Waals surface area (Å²) in [5.74, 6) is -0.110. The lowest BCUT2D eigenvalue weighted by atomic mass is 9.87. The number of carbonyl (C=O) groups is 1. The molecular formula is C29H32N4O. The number of aromatic nitrogens is 3. The maximum atomic E-state index is 13.3. The van der Waals surface area contributed by atoms with E-state index in [2.05, 4.69) is 68.4 Å². The highest BCUT2D eigenvalue weighted by molar-refractivity contribution is 6.00. The highest BCUT2D eigenvalue weighted by atomic mass is 16.1. The van der Waals surface area contributed by atoms with Crippen LogP contribution in [0, 0.1) is 34.6 Å². The summed E-state index contributed by atoms with van der Waals surface area (Å²) in [4.78, 5) is 18.2. The van der Waals surface area contributed by atoms with Crippen molar-refractivity contribution < 1.29 is 4.79 Å². The first-order chi connectivity index (χ1) is 16.3. The molecule has 0 saturated carbocycles. The fourth-order valence-electron chi connectivity index (χ4n) is 5.53. The summed E-state index contributed by atoms with van der Waals surface area (Å²) in [6.45, 7) is 10.6. The Hall–Kier alpha value is -3.47. The standard InChI is InChI=1S/C29H32N4O/c1-17-13-18(2)24(19(3)14-17)15-25-20(4)31-28-26(16-30-33(28)21(25)5)29(34)32-27-12-8-10-22-9-6-7-11-23(22)27/h6-7,9,11,13-14,16,27H,8,10,12,15H2,1-5H3,(H,32,34). The minimum atomic E-state index is -0.110. The predicted octanol–water partition coefficient (Wildman–Crippen LogP) is 5.67. The molecule has 0 saturated heterocycles. The Kier molecular flexibility index (Phi) is 5.72. The second-order valence-electron chi connectivity index (χ2n) is 9.73. The molecule has 5 rings (SSSR count). The molecule has 0 fully saturated rings. The topological polar surface area (TPSA) is 59.3 Å². The van der Waals surface area contributed by atoms with Gasteiger partial charge in [0.15, 0.2) is 5.65 Å². The van der Waals surface area contributed by atoms with Crippen LogP contribution in [-0.4, -0.2) is 20.5 Å². The van der Waals surface area contributed by atoms with Crippen LogP contribution in [0.15, 0.2) is 42.6 Å². The summed E-state index contributed by atoms with van der Waals surface area (Å²) < 4.78 is 1.82. The number of benzene rings is 2. The number of nitrogens with one attached hydrogen (secondary N) is 1. The maximum absolute atomic E-state index is 13.3. The third-order valence-electron chi connectivity index (χ3n) is 7.32. The molecule has 1 aliphatic rings. The quantitative estimate of drug-likeness (QED) is 0.434. The number of hydrogen-bond donors (Lipinski definition) is 1. The van der Waals surface area contributed by atoms with Gasteiger partial charge in [-0.2, -0.15) is 5.10 Å². The molecule has 5 nitrogen and oxygen atoms in total. The zero-order chi connectivity index (χ0) is 24.0.